The average Bonchev–Trinajstić information content (AvgIpc) is 1.21. The highest BCUT2D eigenvalue weighted by molar-refractivity contribution is 9.24. The van der Waals surface area contributed by atoms with Crippen molar-refractivity contribution in [3.8, 4) is 0 Å². The molecule has 0 atom stereocenters. The molecule has 0 aromatic carbocycles. The molecule has 0 heterocycles. The molecule has 50 valence electrons. The molecule has 0 spiro atoms. The fraction of sp³-hybridized carbons (Fsp3) is 1.00. The standard InChI is InChI=1S/C3H6Br2O3/c4-2(5)1-3(6,7)8/h2,6-8H,1H2. The summed E-state index contributed by atoms with van der Waals surface area (Å²) in [4.78, 5) is 0. The molecule has 0 radical (unpaired) electrons. The minimum atomic E-state index is -2.57. The summed E-state index contributed by atoms with van der Waals surface area (Å²) in [5.74, 6) is -2.57. The van der Waals surface area contributed by atoms with Crippen LogP contribution < -0.4 is 0 Å². The normalized spacial score (nSPS) is 12.8. The molecule has 0 aliphatic rings. The van der Waals surface area contributed by atoms with Gasteiger partial charge in [0.05, 0.1) is 10.2 Å². The third-order valence-corrected chi connectivity index (χ3v) is 1.08. The van der Waals surface area contributed by atoms with Gasteiger partial charge in [-0.25, -0.2) is 0 Å². The highest BCUT2D eigenvalue weighted by Crippen LogP contribution is 2.17. The van der Waals surface area contributed by atoms with Crippen LogP contribution in [0.1, 0.15) is 6.42 Å². The van der Waals surface area contributed by atoms with Crippen LogP contribution in [0.25, 0.3) is 0 Å². The molecule has 0 aliphatic carbocycles. The Balaban J connectivity index is 3.39. The maximum absolute atomic E-state index is 8.24. The second-order valence-corrected chi connectivity index (χ2v) is 4.81. The van der Waals surface area contributed by atoms with Gasteiger partial charge in [0.25, 0.3) is 5.97 Å². The predicted molar refractivity (Wildman–Crippen MR) is 35.6 cm³/mol. The first-order valence-electron chi connectivity index (χ1n) is 1.87. The van der Waals surface area contributed by atoms with Crippen molar-refractivity contribution in [1.29, 1.82) is 0 Å². The minimum absolute atomic E-state index is 0.174. The predicted octanol–water partition coefficient (Wildman–Crippen LogP) is 0.123. The quantitative estimate of drug-likeness (QED) is 0.482. The molecule has 0 rings (SSSR count). The summed E-state index contributed by atoms with van der Waals surface area (Å²) in [5.41, 5.74) is 0. The summed E-state index contributed by atoms with van der Waals surface area (Å²) in [5, 5.41) is 24.7. The third-order valence-electron chi connectivity index (χ3n) is 0.428. The molecule has 8 heavy (non-hydrogen) atoms. The second-order valence-electron chi connectivity index (χ2n) is 1.37. The van der Waals surface area contributed by atoms with Crippen molar-refractivity contribution in [2.75, 3.05) is 0 Å². The fourth-order valence-corrected chi connectivity index (χ4v) is 1.08. The molecule has 0 bridgehead atoms. The van der Waals surface area contributed by atoms with Crippen LogP contribution in [0, 0.1) is 0 Å². The zero-order valence-electron chi connectivity index (χ0n) is 3.88. The first kappa shape index (κ1) is 8.84. The van der Waals surface area contributed by atoms with Gasteiger partial charge in [-0.1, -0.05) is 31.9 Å². The molecule has 0 saturated carbocycles. The van der Waals surface area contributed by atoms with Crippen LogP contribution in [0.2, 0.25) is 0 Å². The summed E-state index contributed by atoms with van der Waals surface area (Å²) in [6.07, 6.45) is -0.174. The first-order valence-corrected chi connectivity index (χ1v) is 3.70. The van der Waals surface area contributed by atoms with Gasteiger partial charge in [-0.2, -0.15) is 0 Å². The van der Waals surface area contributed by atoms with Crippen LogP contribution in [-0.2, 0) is 0 Å². The SMILES string of the molecule is OC(O)(O)CC(Br)Br. The van der Waals surface area contributed by atoms with Gasteiger partial charge in [-0.15, -0.1) is 0 Å². The smallest absolute Gasteiger partial charge is 0.277 e. The molecule has 0 amide bonds. The molecule has 0 aliphatic heterocycles. The van der Waals surface area contributed by atoms with Crippen molar-refractivity contribution in [2.24, 2.45) is 0 Å². The van der Waals surface area contributed by atoms with E-state index >= 15 is 0 Å². The molecule has 3 nitrogen and oxygen atoms in total. The fourth-order valence-electron chi connectivity index (χ4n) is 0.207. The Bertz CT molecular complexity index is 67.4. The molecule has 3 N–H and O–H groups in total. The van der Waals surface area contributed by atoms with Gasteiger partial charge in [-0.3, -0.25) is 0 Å². The van der Waals surface area contributed by atoms with Gasteiger partial charge in [0.15, 0.2) is 0 Å². The summed E-state index contributed by atoms with van der Waals surface area (Å²) in [7, 11) is 0. The van der Waals surface area contributed by atoms with E-state index in [0.29, 0.717) is 0 Å². The third kappa shape index (κ3) is 6.84. The van der Waals surface area contributed by atoms with Gasteiger partial charge in [0.2, 0.25) is 0 Å². The lowest BCUT2D eigenvalue weighted by Gasteiger charge is -2.13. The zero-order valence-corrected chi connectivity index (χ0v) is 7.05. The van der Waals surface area contributed by atoms with Crippen molar-refractivity contribution in [1.82, 2.24) is 0 Å². The van der Waals surface area contributed by atoms with Crippen molar-refractivity contribution in [3.63, 3.8) is 0 Å². The minimum Gasteiger partial charge on any atom is -0.344 e. The second kappa shape index (κ2) is 3.12. The summed E-state index contributed by atoms with van der Waals surface area (Å²) in [6.45, 7) is 0. The van der Waals surface area contributed by atoms with Gasteiger partial charge in [0, 0.05) is 0 Å². The van der Waals surface area contributed by atoms with E-state index in [1.165, 1.54) is 0 Å². The zero-order chi connectivity index (χ0) is 6.78. The van der Waals surface area contributed by atoms with Crippen LogP contribution in [0.4, 0.5) is 0 Å². The van der Waals surface area contributed by atoms with Gasteiger partial charge in [-0.05, 0) is 0 Å². The lowest BCUT2D eigenvalue weighted by atomic mass is 10.4. The lowest BCUT2D eigenvalue weighted by molar-refractivity contribution is -0.311. The van der Waals surface area contributed by atoms with E-state index in [4.69, 9.17) is 15.3 Å². The summed E-state index contributed by atoms with van der Waals surface area (Å²) >= 11 is 5.89. The molecule has 0 saturated heterocycles. The number of rotatable bonds is 2. The van der Waals surface area contributed by atoms with Crippen molar-refractivity contribution in [2.45, 2.75) is 16.1 Å². The van der Waals surface area contributed by atoms with E-state index in [0.717, 1.165) is 0 Å². The Morgan fingerprint density at radius 2 is 1.62 bits per heavy atom. The number of hydrogen-bond donors (Lipinski definition) is 3. The molecule has 5 heteroatoms. The Kier molecular flexibility index (Phi) is 3.45. The number of hydrogen-bond acceptors (Lipinski definition) is 3. The lowest BCUT2D eigenvalue weighted by Crippen LogP contribution is -2.28. The maximum Gasteiger partial charge on any atom is 0.277 e. The van der Waals surface area contributed by atoms with E-state index in [9.17, 15) is 0 Å². The van der Waals surface area contributed by atoms with Crippen molar-refractivity contribution < 1.29 is 15.3 Å². The van der Waals surface area contributed by atoms with Crippen LogP contribution in [0.3, 0.4) is 0 Å². The molecular formula is C3H6Br2O3. The topological polar surface area (TPSA) is 60.7 Å². The first-order chi connectivity index (χ1) is 3.42. The Labute approximate surface area is 63.6 Å². The van der Waals surface area contributed by atoms with E-state index in [-0.39, 0.29) is 10.2 Å². The number of aliphatic hydroxyl groups is 3. The highest BCUT2D eigenvalue weighted by atomic mass is 79.9. The Morgan fingerprint density at radius 3 is 1.62 bits per heavy atom. The van der Waals surface area contributed by atoms with Crippen LogP contribution in [0.5, 0.6) is 0 Å². The molecular weight excluding hydrogens is 244 g/mol. The molecule has 0 aromatic heterocycles. The van der Waals surface area contributed by atoms with Crippen LogP contribution >= 0.6 is 31.9 Å². The molecule has 0 unspecified atom stereocenters. The van der Waals surface area contributed by atoms with E-state index in [2.05, 4.69) is 31.9 Å². The Hall–Kier alpha value is 0.840. The monoisotopic (exact) mass is 248 g/mol. The van der Waals surface area contributed by atoms with E-state index < -0.39 is 5.97 Å². The van der Waals surface area contributed by atoms with Crippen LogP contribution in [-0.4, -0.2) is 25.0 Å². The average molecular weight is 250 g/mol. The van der Waals surface area contributed by atoms with E-state index in [1.807, 2.05) is 0 Å². The summed E-state index contributed by atoms with van der Waals surface area (Å²) < 4.78 is -0.282. The largest absolute Gasteiger partial charge is 0.344 e. The number of halogens is 2. The van der Waals surface area contributed by atoms with Gasteiger partial charge < -0.3 is 15.3 Å². The van der Waals surface area contributed by atoms with Gasteiger partial charge >= 0.3 is 0 Å². The Morgan fingerprint density at radius 1 is 1.25 bits per heavy atom. The van der Waals surface area contributed by atoms with E-state index in [1.54, 1.807) is 0 Å². The summed E-state index contributed by atoms with van der Waals surface area (Å²) in [6, 6.07) is 0. The van der Waals surface area contributed by atoms with Crippen molar-refractivity contribution >= 4 is 31.9 Å². The van der Waals surface area contributed by atoms with Gasteiger partial charge in [0.1, 0.15) is 0 Å². The molecule has 0 fully saturated rings. The highest BCUT2D eigenvalue weighted by Gasteiger charge is 2.20. The van der Waals surface area contributed by atoms with Crippen molar-refractivity contribution in [3.05, 3.63) is 0 Å². The maximum atomic E-state index is 8.24. The number of alkyl halides is 2. The molecule has 0 aromatic rings. The van der Waals surface area contributed by atoms with Crippen LogP contribution in [0.15, 0.2) is 0 Å².